The van der Waals surface area contributed by atoms with Gasteiger partial charge in [-0.05, 0) is 47.8 Å². The summed E-state index contributed by atoms with van der Waals surface area (Å²) in [6, 6.07) is 15.8. The third-order valence-electron chi connectivity index (χ3n) is 4.06. The monoisotopic (exact) mass is 283 g/mol. The van der Waals surface area contributed by atoms with Gasteiger partial charge in [-0.25, -0.2) is 4.39 Å². The van der Waals surface area contributed by atoms with E-state index in [1.54, 1.807) is 6.07 Å². The lowest BCUT2D eigenvalue weighted by Crippen LogP contribution is -2.12. The molecule has 0 amide bonds. The van der Waals surface area contributed by atoms with Crippen molar-refractivity contribution in [3.8, 4) is 0 Å². The largest absolute Gasteiger partial charge is 0.358 e. The van der Waals surface area contributed by atoms with Gasteiger partial charge in [-0.2, -0.15) is 0 Å². The minimum Gasteiger partial charge on any atom is -0.358 e. The summed E-state index contributed by atoms with van der Waals surface area (Å²) in [5.41, 5.74) is 3.71. The van der Waals surface area contributed by atoms with Crippen molar-refractivity contribution in [3.05, 3.63) is 65.6 Å². The fourth-order valence-corrected chi connectivity index (χ4v) is 5.47. The molecule has 100 valence electrons. The second-order valence-electron chi connectivity index (χ2n) is 5.28. The zero-order valence-electron chi connectivity index (χ0n) is 11.1. The number of aryl methyl sites for hydroxylation is 1. The maximum absolute atomic E-state index is 13.5. The minimum atomic E-state index is -0.153. The van der Waals surface area contributed by atoms with Crippen molar-refractivity contribution in [2.75, 3.05) is 6.16 Å². The Balaban J connectivity index is 1.78. The van der Waals surface area contributed by atoms with Gasteiger partial charge >= 0.3 is 0 Å². The van der Waals surface area contributed by atoms with Gasteiger partial charge in [0.25, 0.3) is 0 Å². The standard InChI is InChI=1S/C17H15FNP/c18-12-6-7-16-14(10-12)15-11-20(9-8-17(15)19-16)13-4-2-1-3-5-13/h1-7,10,19H,8-9,11H2. The SMILES string of the molecule is Fc1ccc2[nH]c3c(c2c1)CP(c1ccccc1)CC3. The van der Waals surface area contributed by atoms with E-state index in [0.717, 1.165) is 23.5 Å². The highest BCUT2D eigenvalue weighted by Gasteiger charge is 2.23. The Bertz CT molecular complexity index is 763. The molecule has 0 bridgehead atoms. The van der Waals surface area contributed by atoms with Crippen LogP contribution in [0.4, 0.5) is 4.39 Å². The molecule has 1 N–H and O–H groups in total. The van der Waals surface area contributed by atoms with Crippen molar-refractivity contribution in [1.29, 1.82) is 0 Å². The average molecular weight is 283 g/mol. The van der Waals surface area contributed by atoms with E-state index in [1.807, 2.05) is 6.07 Å². The molecule has 1 aliphatic rings. The molecular formula is C17H15FNP. The Morgan fingerprint density at radius 2 is 1.90 bits per heavy atom. The van der Waals surface area contributed by atoms with Gasteiger partial charge in [0, 0.05) is 16.6 Å². The van der Waals surface area contributed by atoms with E-state index in [-0.39, 0.29) is 13.7 Å². The first-order valence-electron chi connectivity index (χ1n) is 6.90. The molecule has 2 heterocycles. The van der Waals surface area contributed by atoms with Crippen LogP contribution < -0.4 is 5.30 Å². The number of halogens is 1. The minimum absolute atomic E-state index is 0.145. The highest BCUT2D eigenvalue weighted by atomic mass is 31.1. The predicted molar refractivity (Wildman–Crippen MR) is 83.5 cm³/mol. The molecule has 3 heteroatoms. The molecule has 2 aromatic carbocycles. The molecule has 0 fully saturated rings. The molecule has 0 aliphatic carbocycles. The zero-order valence-corrected chi connectivity index (χ0v) is 12.0. The number of fused-ring (bicyclic) bond motifs is 3. The Labute approximate surface area is 118 Å². The number of aromatic amines is 1. The zero-order chi connectivity index (χ0) is 13.5. The van der Waals surface area contributed by atoms with Crippen molar-refractivity contribution < 1.29 is 4.39 Å². The van der Waals surface area contributed by atoms with Gasteiger partial charge in [0.2, 0.25) is 0 Å². The van der Waals surface area contributed by atoms with E-state index in [9.17, 15) is 4.39 Å². The fourth-order valence-electron chi connectivity index (χ4n) is 3.05. The fraction of sp³-hybridized carbons (Fsp3) is 0.176. The lowest BCUT2D eigenvalue weighted by atomic mass is 10.1. The van der Waals surface area contributed by atoms with E-state index < -0.39 is 0 Å². The Hall–Kier alpha value is -1.66. The van der Waals surface area contributed by atoms with Crippen molar-refractivity contribution in [2.24, 2.45) is 0 Å². The van der Waals surface area contributed by atoms with Gasteiger partial charge in [-0.1, -0.05) is 38.3 Å². The summed E-state index contributed by atoms with van der Waals surface area (Å²) in [5.74, 6) is -0.145. The van der Waals surface area contributed by atoms with Crippen molar-refractivity contribution in [2.45, 2.75) is 12.6 Å². The second kappa shape index (κ2) is 4.71. The highest BCUT2D eigenvalue weighted by molar-refractivity contribution is 7.65. The lowest BCUT2D eigenvalue weighted by Gasteiger charge is -2.23. The molecule has 20 heavy (non-hydrogen) atoms. The lowest BCUT2D eigenvalue weighted by molar-refractivity contribution is 0.629. The molecule has 0 saturated heterocycles. The summed E-state index contributed by atoms with van der Waals surface area (Å²) >= 11 is 0. The normalized spacial score (nSPS) is 18.1. The smallest absolute Gasteiger partial charge is 0.123 e. The van der Waals surface area contributed by atoms with Crippen LogP contribution in [0.15, 0.2) is 48.5 Å². The van der Waals surface area contributed by atoms with Crippen LogP contribution in [0.3, 0.4) is 0 Å². The molecule has 1 nitrogen and oxygen atoms in total. The Kier molecular flexibility index (Phi) is 2.85. The van der Waals surface area contributed by atoms with E-state index in [0.29, 0.717) is 0 Å². The number of hydrogen-bond donors (Lipinski definition) is 1. The summed E-state index contributed by atoms with van der Waals surface area (Å²) in [7, 11) is -0.153. The summed E-state index contributed by atoms with van der Waals surface area (Å²) in [6.45, 7) is 0. The summed E-state index contributed by atoms with van der Waals surface area (Å²) in [6.07, 6.45) is 3.37. The van der Waals surface area contributed by atoms with Crippen LogP contribution in [0, 0.1) is 5.82 Å². The predicted octanol–water partition coefficient (Wildman–Crippen LogP) is 4.17. The molecule has 1 aliphatic heterocycles. The maximum Gasteiger partial charge on any atom is 0.123 e. The van der Waals surface area contributed by atoms with E-state index in [4.69, 9.17) is 0 Å². The van der Waals surface area contributed by atoms with Crippen LogP contribution in [0.25, 0.3) is 10.9 Å². The van der Waals surface area contributed by atoms with Gasteiger partial charge in [-0.3, -0.25) is 0 Å². The average Bonchev–Trinajstić information content (AvgIpc) is 2.85. The first-order valence-corrected chi connectivity index (χ1v) is 8.61. The van der Waals surface area contributed by atoms with E-state index >= 15 is 0 Å². The van der Waals surface area contributed by atoms with E-state index in [1.165, 1.54) is 28.8 Å². The second-order valence-corrected chi connectivity index (χ2v) is 7.64. The van der Waals surface area contributed by atoms with Gasteiger partial charge in [0.15, 0.2) is 0 Å². The number of H-pyrrole nitrogens is 1. The third kappa shape index (κ3) is 1.96. The Morgan fingerprint density at radius 1 is 1.05 bits per heavy atom. The number of hydrogen-bond acceptors (Lipinski definition) is 0. The highest BCUT2D eigenvalue weighted by Crippen LogP contribution is 2.46. The van der Waals surface area contributed by atoms with Crippen molar-refractivity contribution >= 4 is 24.1 Å². The van der Waals surface area contributed by atoms with Crippen molar-refractivity contribution in [3.63, 3.8) is 0 Å². The quantitative estimate of drug-likeness (QED) is 0.645. The molecule has 1 aromatic heterocycles. The molecular weight excluding hydrogens is 268 g/mol. The summed E-state index contributed by atoms with van der Waals surface area (Å²) in [4.78, 5) is 3.46. The van der Waals surface area contributed by atoms with Crippen LogP contribution in [0.2, 0.25) is 0 Å². The van der Waals surface area contributed by atoms with Crippen LogP contribution in [0.1, 0.15) is 11.3 Å². The number of benzene rings is 2. The van der Waals surface area contributed by atoms with Gasteiger partial charge in [0.1, 0.15) is 5.82 Å². The molecule has 1 unspecified atom stereocenters. The Morgan fingerprint density at radius 3 is 2.75 bits per heavy atom. The topological polar surface area (TPSA) is 15.8 Å². The molecule has 0 radical (unpaired) electrons. The number of rotatable bonds is 1. The summed E-state index contributed by atoms with van der Waals surface area (Å²) in [5, 5.41) is 2.53. The molecule has 3 aromatic rings. The van der Waals surface area contributed by atoms with Gasteiger partial charge < -0.3 is 4.98 Å². The third-order valence-corrected chi connectivity index (χ3v) is 6.55. The maximum atomic E-state index is 13.5. The number of aromatic nitrogens is 1. The van der Waals surface area contributed by atoms with Gasteiger partial charge in [-0.15, -0.1) is 0 Å². The molecule has 4 rings (SSSR count). The van der Waals surface area contributed by atoms with Gasteiger partial charge in [0.05, 0.1) is 0 Å². The molecule has 1 atom stereocenters. The van der Waals surface area contributed by atoms with E-state index in [2.05, 4.69) is 35.3 Å². The number of nitrogens with one attached hydrogen (secondary N) is 1. The first kappa shape index (κ1) is 12.1. The summed E-state index contributed by atoms with van der Waals surface area (Å²) < 4.78 is 13.5. The molecule has 0 spiro atoms. The van der Waals surface area contributed by atoms with Crippen LogP contribution in [-0.2, 0) is 12.6 Å². The first-order chi connectivity index (χ1) is 9.81. The van der Waals surface area contributed by atoms with Crippen LogP contribution in [-0.4, -0.2) is 11.1 Å². The molecule has 0 saturated carbocycles. The van der Waals surface area contributed by atoms with Crippen LogP contribution >= 0.6 is 7.92 Å². The van der Waals surface area contributed by atoms with Crippen LogP contribution in [0.5, 0.6) is 0 Å². The van der Waals surface area contributed by atoms with Crippen molar-refractivity contribution in [1.82, 2.24) is 4.98 Å².